The van der Waals surface area contributed by atoms with Crippen molar-refractivity contribution < 1.29 is 13.2 Å². The molecule has 1 aromatic carbocycles. The Bertz CT molecular complexity index is 932. The van der Waals surface area contributed by atoms with Crippen LogP contribution < -0.4 is 5.32 Å². The number of carbonyl (C=O) groups excluding carboxylic acids is 1. The number of carbonyl (C=O) groups is 1. The lowest BCUT2D eigenvalue weighted by molar-refractivity contribution is -0.126. The molecule has 2 aliphatic heterocycles. The van der Waals surface area contributed by atoms with Gasteiger partial charge in [-0.05, 0) is 50.9 Å². The number of hydrogen-bond donors (Lipinski definition) is 1. The van der Waals surface area contributed by atoms with Crippen LogP contribution in [0.3, 0.4) is 0 Å². The second-order valence-electron chi connectivity index (χ2n) is 7.41. The van der Waals surface area contributed by atoms with Crippen LogP contribution >= 0.6 is 11.7 Å². The number of sulfonamides is 1. The lowest BCUT2D eigenvalue weighted by Crippen LogP contribution is -2.44. The van der Waals surface area contributed by atoms with E-state index in [-0.39, 0.29) is 16.7 Å². The maximum absolute atomic E-state index is 13.1. The van der Waals surface area contributed by atoms with Gasteiger partial charge in [0.15, 0.2) is 0 Å². The van der Waals surface area contributed by atoms with Gasteiger partial charge in [-0.2, -0.15) is 13.1 Å². The standard InChI is InChI=1S/C18H25N5O3S2/c24-18(19-8-13-22-9-1-2-10-22)14-6-11-23(12-7-14)28(25,26)16-5-3-4-15-17(16)21-27-20-15/h3-5,14H,1-2,6-13H2,(H,19,24). The third kappa shape index (κ3) is 4.05. The Labute approximate surface area is 169 Å². The summed E-state index contributed by atoms with van der Waals surface area (Å²) in [6.07, 6.45) is 3.57. The van der Waals surface area contributed by atoms with Gasteiger partial charge in [0.25, 0.3) is 0 Å². The van der Waals surface area contributed by atoms with Crippen LogP contribution in [0.2, 0.25) is 0 Å². The van der Waals surface area contributed by atoms with E-state index in [0.29, 0.717) is 43.5 Å². The molecule has 0 bridgehead atoms. The van der Waals surface area contributed by atoms with Gasteiger partial charge in [0.2, 0.25) is 15.9 Å². The second kappa shape index (κ2) is 8.40. The summed E-state index contributed by atoms with van der Waals surface area (Å²) >= 11 is 1.01. The number of piperidine rings is 1. The molecule has 152 valence electrons. The molecule has 0 radical (unpaired) electrons. The zero-order valence-corrected chi connectivity index (χ0v) is 17.3. The smallest absolute Gasteiger partial charge is 0.245 e. The number of nitrogens with one attached hydrogen (secondary N) is 1. The Morgan fingerprint density at radius 3 is 2.64 bits per heavy atom. The number of benzene rings is 1. The molecule has 4 rings (SSSR count). The Balaban J connectivity index is 1.33. The van der Waals surface area contributed by atoms with E-state index in [0.717, 1.165) is 31.4 Å². The summed E-state index contributed by atoms with van der Waals surface area (Å²) < 4.78 is 35.8. The largest absolute Gasteiger partial charge is 0.355 e. The molecular formula is C18H25N5O3S2. The summed E-state index contributed by atoms with van der Waals surface area (Å²) in [5.41, 5.74) is 1.02. The minimum atomic E-state index is -3.64. The van der Waals surface area contributed by atoms with Crippen molar-refractivity contribution in [2.75, 3.05) is 39.3 Å². The zero-order chi connectivity index (χ0) is 19.6. The molecule has 0 saturated carbocycles. The number of rotatable bonds is 6. The minimum absolute atomic E-state index is 0.0436. The van der Waals surface area contributed by atoms with Crippen LogP contribution in [0.4, 0.5) is 0 Å². The molecule has 0 unspecified atom stereocenters. The molecule has 0 atom stereocenters. The summed E-state index contributed by atoms with van der Waals surface area (Å²) in [5.74, 6) is -0.0798. The van der Waals surface area contributed by atoms with E-state index in [4.69, 9.17) is 0 Å². The first-order chi connectivity index (χ1) is 13.6. The minimum Gasteiger partial charge on any atom is -0.355 e. The van der Waals surface area contributed by atoms with Crippen molar-refractivity contribution >= 4 is 38.7 Å². The fourth-order valence-corrected chi connectivity index (χ4v) is 6.20. The highest BCUT2D eigenvalue weighted by atomic mass is 32.2. The molecular weight excluding hydrogens is 398 g/mol. The molecule has 3 heterocycles. The van der Waals surface area contributed by atoms with Gasteiger partial charge in [0.05, 0.1) is 11.7 Å². The number of amides is 1. The van der Waals surface area contributed by atoms with Crippen molar-refractivity contribution in [3.8, 4) is 0 Å². The first-order valence-corrected chi connectivity index (χ1v) is 11.9. The first kappa shape index (κ1) is 19.7. The monoisotopic (exact) mass is 423 g/mol. The molecule has 2 saturated heterocycles. The Morgan fingerprint density at radius 1 is 1.14 bits per heavy atom. The van der Waals surface area contributed by atoms with E-state index >= 15 is 0 Å². The van der Waals surface area contributed by atoms with Gasteiger partial charge in [-0.25, -0.2) is 8.42 Å². The van der Waals surface area contributed by atoms with Gasteiger partial charge in [-0.1, -0.05) is 6.07 Å². The van der Waals surface area contributed by atoms with Gasteiger partial charge in [-0.3, -0.25) is 4.79 Å². The number of hydrogen-bond acceptors (Lipinski definition) is 7. The van der Waals surface area contributed by atoms with Gasteiger partial charge < -0.3 is 10.2 Å². The fraction of sp³-hybridized carbons (Fsp3) is 0.611. The number of likely N-dealkylation sites (tertiary alicyclic amines) is 1. The van der Waals surface area contributed by atoms with E-state index in [1.165, 1.54) is 17.1 Å². The van der Waals surface area contributed by atoms with Gasteiger partial charge >= 0.3 is 0 Å². The molecule has 28 heavy (non-hydrogen) atoms. The molecule has 1 amide bonds. The predicted octanol–water partition coefficient (Wildman–Crippen LogP) is 1.30. The SMILES string of the molecule is O=C(NCCN1CCCC1)C1CCN(S(=O)(=O)c2cccc3nsnc23)CC1. The quantitative estimate of drug-likeness (QED) is 0.753. The lowest BCUT2D eigenvalue weighted by Gasteiger charge is -2.30. The summed E-state index contributed by atoms with van der Waals surface area (Å²) in [6.45, 7) is 4.49. The molecule has 1 N–H and O–H groups in total. The van der Waals surface area contributed by atoms with Crippen LogP contribution in [-0.2, 0) is 14.8 Å². The third-order valence-electron chi connectivity index (χ3n) is 5.62. The second-order valence-corrected chi connectivity index (χ2v) is 9.84. The van der Waals surface area contributed by atoms with Gasteiger partial charge in [-0.15, -0.1) is 0 Å². The summed E-state index contributed by atoms with van der Waals surface area (Å²) in [5, 5.41) is 3.02. The van der Waals surface area contributed by atoms with Crippen molar-refractivity contribution in [3.63, 3.8) is 0 Å². The maximum atomic E-state index is 13.1. The van der Waals surface area contributed by atoms with E-state index in [1.807, 2.05) is 0 Å². The highest BCUT2D eigenvalue weighted by Gasteiger charge is 2.33. The van der Waals surface area contributed by atoms with E-state index in [2.05, 4.69) is 19.0 Å². The average Bonchev–Trinajstić information content (AvgIpc) is 3.39. The number of nitrogens with zero attached hydrogens (tertiary/aromatic N) is 4. The summed E-state index contributed by atoms with van der Waals surface area (Å²) in [7, 11) is -3.64. The normalized spacial score (nSPS) is 20.0. The predicted molar refractivity (Wildman–Crippen MR) is 108 cm³/mol. The average molecular weight is 424 g/mol. The Hall–Kier alpha value is -1.62. The molecule has 0 spiro atoms. The highest BCUT2D eigenvalue weighted by molar-refractivity contribution is 7.89. The van der Waals surface area contributed by atoms with Crippen molar-refractivity contribution in [1.82, 2.24) is 23.3 Å². The maximum Gasteiger partial charge on any atom is 0.245 e. The van der Waals surface area contributed by atoms with E-state index in [1.54, 1.807) is 18.2 Å². The summed E-state index contributed by atoms with van der Waals surface area (Å²) in [4.78, 5) is 15.0. The van der Waals surface area contributed by atoms with Crippen molar-refractivity contribution in [1.29, 1.82) is 0 Å². The van der Waals surface area contributed by atoms with Crippen LogP contribution in [-0.4, -0.2) is 71.5 Å². The molecule has 1 aromatic heterocycles. The van der Waals surface area contributed by atoms with Crippen LogP contribution in [0.5, 0.6) is 0 Å². The molecule has 2 fully saturated rings. The number of fused-ring (bicyclic) bond motifs is 1. The molecule has 2 aromatic rings. The third-order valence-corrected chi connectivity index (χ3v) is 8.09. The lowest BCUT2D eigenvalue weighted by atomic mass is 9.97. The fourth-order valence-electron chi connectivity index (χ4n) is 3.97. The molecule has 0 aliphatic carbocycles. The van der Waals surface area contributed by atoms with E-state index < -0.39 is 10.0 Å². The highest BCUT2D eigenvalue weighted by Crippen LogP contribution is 2.28. The Kier molecular flexibility index (Phi) is 5.91. The van der Waals surface area contributed by atoms with Crippen molar-refractivity contribution in [3.05, 3.63) is 18.2 Å². The zero-order valence-electron chi connectivity index (χ0n) is 15.7. The first-order valence-electron chi connectivity index (χ1n) is 9.77. The summed E-state index contributed by atoms with van der Waals surface area (Å²) in [6, 6.07) is 5.03. The van der Waals surface area contributed by atoms with Crippen LogP contribution in [0.15, 0.2) is 23.1 Å². The van der Waals surface area contributed by atoms with Crippen molar-refractivity contribution in [2.45, 2.75) is 30.6 Å². The molecule has 10 heteroatoms. The van der Waals surface area contributed by atoms with Crippen LogP contribution in [0.25, 0.3) is 11.0 Å². The van der Waals surface area contributed by atoms with Crippen molar-refractivity contribution in [2.24, 2.45) is 5.92 Å². The topological polar surface area (TPSA) is 95.5 Å². The van der Waals surface area contributed by atoms with Gasteiger partial charge in [0, 0.05) is 32.1 Å². The van der Waals surface area contributed by atoms with Crippen LogP contribution in [0.1, 0.15) is 25.7 Å². The number of aromatic nitrogens is 2. The van der Waals surface area contributed by atoms with Gasteiger partial charge in [0.1, 0.15) is 15.9 Å². The van der Waals surface area contributed by atoms with Crippen LogP contribution in [0, 0.1) is 5.92 Å². The molecule has 2 aliphatic rings. The Morgan fingerprint density at radius 2 is 1.89 bits per heavy atom. The molecule has 8 nitrogen and oxygen atoms in total. The van der Waals surface area contributed by atoms with E-state index in [9.17, 15) is 13.2 Å².